The van der Waals surface area contributed by atoms with Gasteiger partial charge in [-0.05, 0) is 36.4 Å². The van der Waals surface area contributed by atoms with Crippen LogP contribution < -0.4 is 5.32 Å². The molecule has 0 bridgehead atoms. The van der Waals surface area contributed by atoms with E-state index in [0.717, 1.165) is 24.3 Å². The van der Waals surface area contributed by atoms with E-state index in [1.54, 1.807) is 4.57 Å². The van der Waals surface area contributed by atoms with Gasteiger partial charge < -0.3 is 9.88 Å². The maximum atomic E-state index is 13.1. The summed E-state index contributed by atoms with van der Waals surface area (Å²) in [5.41, 5.74) is -0.815. The largest absolute Gasteiger partial charge is 0.416 e. The zero-order valence-corrected chi connectivity index (χ0v) is 14.7. The third-order valence-electron chi connectivity index (χ3n) is 4.41. The first-order valence-corrected chi connectivity index (χ1v) is 8.42. The molecular weight excluding hydrogens is 370 g/mol. The highest BCUT2D eigenvalue weighted by molar-refractivity contribution is 6.08. The fourth-order valence-corrected chi connectivity index (χ4v) is 3.16. The number of hydrogen-bond acceptors (Lipinski definition) is 1. The third kappa shape index (κ3) is 3.90. The zero-order chi connectivity index (χ0) is 20.0. The molecule has 1 heterocycles. The number of rotatable bonds is 4. The lowest BCUT2D eigenvalue weighted by Gasteiger charge is -2.12. The van der Waals surface area contributed by atoms with Crippen molar-refractivity contribution in [1.82, 2.24) is 9.88 Å². The fourth-order valence-electron chi connectivity index (χ4n) is 3.16. The van der Waals surface area contributed by atoms with Crippen LogP contribution in [0.1, 0.15) is 25.0 Å². The quantitative estimate of drug-likeness (QED) is 0.557. The molecule has 3 aromatic rings. The molecule has 0 spiro atoms. The first kappa shape index (κ1) is 19.5. The predicted molar refractivity (Wildman–Crippen MR) is 92.6 cm³/mol. The molecule has 2 nitrogen and oxygen atoms in total. The molecule has 1 N–H and O–H groups in total. The predicted octanol–water partition coefficient (Wildman–Crippen LogP) is 5.83. The lowest BCUT2D eigenvalue weighted by Crippen LogP contribution is -2.26. The second-order valence-corrected chi connectivity index (χ2v) is 6.72. The number of fused-ring (bicyclic) bond motifs is 3. The summed E-state index contributed by atoms with van der Waals surface area (Å²) in [6.07, 6.45) is -9.13. The highest BCUT2D eigenvalue weighted by Crippen LogP contribution is 2.38. The van der Waals surface area contributed by atoms with Crippen LogP contribution in [-0.2, 0) is 18.9 Å². The van der Waals surface area contributed by atoms with E-state index in [1.807, 2.05) is 13.8 Å². The van der Waals surface area contributed by atoms with E-state index in [9.17, 15) is 26.3 Å². The lowest BCUT2D eigenvalue weighted by atomic mass is 10.1. The summed E-state index contributed by atoms with van der Waals surface area (Å²) in [7, 11) is 0. The highest BCUT2D eigenvalue weighted by atomic mass is 19.4. The van der Waals surface area contributed by atoms with Gasteiger partial charge in [0.2, 0.25) is 0 Å². The van der Waals surface area contributed by atoms with Crippen LogP contribution in [0.2, 0.25) is 0 Å². The van der Waals surface area contributed by atoms with Crippen LogP contribution in [0.15, 0.2) is 36.4 Å². The molecule has 0 aliphatic carbocycles. The van der Waals surface area contributed by atoms with Crippen molar-refractivity contribution >= 4 is 21.8 Å². The summed E-state index contributed by atoms with van der Waals surface area (Å²) in [5.74, 6) is 0. The Hall–Kier alpha value is -2.22. The molecule has 0 saturated carbocycles. The summed E-state index contributed by atoms with van der Waals surface area (Å²) < 4.78 is 80.3. The molecule has 0 saturated heterocycles. The molecule has 27 heavy (non-hydrogen) atoms. The average Bonchev–Trinajstić information content (AvgIpc) is 2.86. The van der Waals surface area contributed by atoms with Crippen LogP contribution in [-0.4, -0.2) is 17.2 Å². The normalized spacial score (nSPS) is 13.2. The van der Waals surface area contributed by atoms with Crippen molar-refractivity contribution in [2.75, 3.05) is 6.54 Å². The number of nitrogens with one attached hydrogen (secondary N) is 1. The van der Waals surface area contributed by atoms with Gasteiger partial charge in [-0.3, -0.25) is 0 Å². The van der Waals surface area contributed by atoms with E-state index in [2.05, 4.69) is 5.32 Å². The average molecular weight is 388 g/mol. The van der Waals surface area contributed by atoms with Crippen molar-refractivity contribution in [3.05, 3.63) is 47.5 Å². The van der Waals surface area contributed by atoms with Gasteiger partial charge in [-0.2, -0.15) is 26.3 Å². The lowest BCUT2D eigenvalue weighted by molar-refractivity contribution is -0.138. The Bertz CT molecular complexity index is 895. The number of alkyl halides is 6. The second-order valence-electron chi connectivity index (χ2n) is 6.72. The van der Waals surface area contributed by atoms with Crippen molar-refractivity contribution < 1.29 is 26.3 Å². The Labute approximate surface area is 151 Å². The van der Waals surface area contributed by atoms with Crippen molar-refractivity contribution in [3.63, 3.8) is 0 Å². The standard InChI is InChI=1S/C19H18F6N2/c1-11(2)26-7-8-27-16-5-3-12(18(20,21)22)9-14(16)15-10-13(19(23,24)25)4-6-17(15)27/h3-6,9-11,26H,7-8H2,1-2H3. The van der Waals surface area contributed by atoms with Crippen molar-refractivity contribution in [3.8, 4) is 0 Å². The summed E-state index contributed by atoms with van der Waals surface area (Å²) >= 11 is 0. The van der Waals surface area contributed by atoms with Gasteiger partial charge in [-0.25, -0.2) is 0 Å². The van der Waals surface area contributed by atoms with Gasteiger partial charge in [0.25, 0.3) is 0 Å². The third-order valence-corrected chi connectivity index (χ3v) is 4.41. The zero-order valence-electron chi connectivity index (χ0n) is 14.7. The highest BCUT2D eigenvalue weighted by Gasteiger charge is 2.33. The fraction of sp³-hybridized carbons (Fsp3) is 0.368. The minimum absolute atomic E-state index is 0.162. The van der Waals surface area contributed by atoms with Crippen LogP contribution in [0.25, 0.3) is 21.8 Å². The molecule has 146 valence electrons. The smallest absolute Gasteiger partial charge is 0.339 e. The van der Waals surface area contributed by atoms with E-state index in [4.69, 9.17) is 0 Å². The molecule has 3 rings (SSSR count). The first-order valence-electron chi connectivity index (χ1n) is 8.42. The number of benzene rings is 2. The molecule has 1 aromatic heterocycles. The Morgan fingerprint density at radius 1 is 0.815 bits per heavy atom. The first-order chi connectivity index (χ1) is 12.5. The molecule has 2 aromatic carbocycles. The Balaban J connectivity index is 2.23. The van der Waals surface area contributed by atoms with E-state index in [0.29, 0.717) is 24.1 Å². The Morgan fingerprint density at radius 3 is 1.63 bits per heavy atom. The van der Waals surface area contributed by atoms with Gasteiger partial charge in [0, 0.05) is 40.9 Å². The van der Waals surface area contributed by atoms with Gasteiger partial charge in [0.05, 0.1) is 11.1 Å². The topological polar surface area (TPSA) is 17.0 Å². The number of hydrogen-bond donors (Lipinski definition) is 1. The van der Waals surface area contributed by atoms with Crippen LogP contribution in [0, 0.1) is 0 Å². The summed E-state index contributed by atoms with van der Waals surface area (Å²) in [6, 6.07) is 6.61. The van der Waals surface area contributed by atoms with Crippen molar-refractivity contribution in [2.45, 2.75) is 38.8 Å². The van der Waals surface area contributed by atoms with Gasteiger partial charge in [0.1, 0.15) is 0 Å². The van der Waals surface area contributed by atoms with Gasteiger partial charge in [0.15, 0.2) is 0 Å². The van der Waals surface area contributed by atoms with Crippen LogP contribution in [0.4, 0.5) is 26.3 Å². The van der Waals surface area contributed by atoms with E-state index in [1.165, 1.54) is 12.1 Å². The van der Waals surface area contributed by atoms with Crippen LogP contribution >= 0.6 is 0 Å². The van der Waals surface area contributed by atoms with Gasteiger partial charge >= 0.3 is 12.4 Å². The maximum absolute atomic E-state index is 13.1. The summed E-state index contributed by atoms with van der Waals surface area (Å²) in [5, 5.41) is 3.53. The molecule has 8 heteroatoms. The molecular formula is C19H18F6N2. The van der Waals surface area contributed by atoms with Crippen LogP contribution in [0.5, 0.6) is 0 Å². The van der Waals surface area contributed by atoms with E-state index in [-0.39, 0.29) is 16.8 Å². The maximum Gasteiger partial charge on any atom is 0.416 e. The number of aromatic nitrogens is 1. The van der Waals surface area contributed by atoms with Crippen molar-refractivity contribution in [1.29, 1.82) is 0 Å². The minimum atomic E-state index is -4.57. The van der Waals surface area contributed by atoms with E-state index < -0.39 is 23.5 Å². The Kier molecular flexibility index (Phi) is 4.88. The molecule has 0 radical (unpaired) electrons. The summed E-state index contributed by atoms with van der Waals surface area (Å²) in [6.45, 7) is 4.88. The van der Waals surface area contributed by atoms with Crippen LogP contribution in [0.3, 0.4) is 0 Å². The summed E-state index contributed by atoms with van der Waals surface area (Å²) in [4.78, 5) is 0. The number of nitrogens with zero attached hydrogens (tertiary/aromatic N) is 1. The molecule has 0 aliphatic rings. The van der Waals surface area contributed by atoms with Crippen molar-refractivity contribution in [2.24, 2.45) is 0 Å². The Morgan fingerprint density at radius 2 is 1.26 bits per heavy atom. The molecule has 0 atom stereocenters. The molecule has 0 unspecified atom stereocenters. The molecule has 0 amide bonds. The van der Waals surface area contributed by atoms with Gasteiger partial charge in [-0.1, -0.05) is 13.8 Å². The second kappa shape index (κ2) is 6.74. The molecule has 0 aliphatic heterocycles. The molecule has 0 fully saturated rings. The minimum Gasteiger partial charge on any atom is -0.339 e. The SMILES string of the molecule is CC(C)NCCn1c2ccc(C(F)(F)F)cc2c2cc(C(F)(F)F)ccc21. The number of halogens is 6. The monoisotopic (exact) mass is 388 g/mol. The van der Waals surface area contributed by atoms with Gasteiger partial charge in [-0.15, -0.1) is 0 Å². The van der Waals surface area contributed by atoms with E-state index >= 15 is 0 Å².